The summed E-state index contributed by atoms with van der Waals surface area (Å²) in [4.78, 5) is 53.0. The maximum atomic E-state index is 13.9. The monoisotopic (exact) mass is 743 g/mol. The lowest BCUT2D eigenvalue weighted by Gasteiger charge is -2.28. The summed E-state index contributed by atoms with van der Waals surface area (Å²) in [6, 6.07) is 13.2. The SMILES string of the molecule is COc1nc(-c2cccc(-c3cccc(Nc4nc(C(F)F)nc5c4c(=O)n(C)c(=O)n5C)c3C)c2Cl)cc2c1[C@@H](N1CC[C@]3(CNC(=O)N3)C1)CC2. The number of carbonyl (C=O) groups excluding carboxylic acids is 1. The molecule has 274 valence electrons. The number of benzene rings is 2. The normalized spacial score (nSPS) is 19.6. The smallest absolute Gasteiger partial charge is 0.332 e. The van der Waals surface area contributed by atoms with Crippen molar-refractivity contribution >= 4 is 40.2 Å². The van der Waals surface area contributed by atoms with Crippen LogP contribution in [-0.4, -0.2) is 67.3 Å². The molecule has 3 aliphatic rings. The van der Waals surface area contributed by atoms with E-state index in [-0.39, 0.29) is 34.5 Å². The van der Waals surface area contributed by atoms with Crippen molar-refractivity contribution in [3.63, 3.8) is 0 Å². The average Bonchev–Trinajstić information content (AvgIpc) is 3.87. The van der Waals surface area contributed by atoms with Gasteiger partial charge in [0.2, 0.25) is 5.88 Å². The molecule has 5 aromatic rings. The Morgan fingerprint density at radius 1 is 1.04 bits per heavy atom. The maximum Gasteiger partial charge on any atom is 0.332 e. The lowest BCUT2D eigenvalue weighted by molar-refractivity contribution is 0.141. The van der Waals surface area contributed by atoms with Gasteiger partial charge in [0, 0.05) is 62.1 Å². The number of nitrogens with zero attached hydrogens (tertiary/aromatic N) is 6. The number of aryl methyl sites for hydroxylation is 2. The van der Waals surface area contributed by atoms with Gasteiger partial charge in [0.1, 0.15) is 11.2 Å². The molecular weight excluding hydrogens is 708 g/mol. The Bertz CT molecular complexity index is 2470. The molecule has 0 unspecified atom stereocenters. The van der Waals surface area contributed by atoms with Gasteiger partial charge in [-0.1, -0.05) is 41.9 Å². The van der Waals surface area contributed by atoms with Crippen LogP contribution < -0.4 is 31.9 Å². The van der Waals surface area contributed by atoms with Crippen molar-refractivity contribution in [2.24, 2.45) is 14.1 Å². The molecule has 2 saturated heterocycles. The minimum atomic E-state index is -3.04. The lowest BCUT2D eigenvalue weighted by Crippen LogP contribution is -2.46. The summed E-state index contributed by atoms with van der Waals surface area (Å²) < 4.78 is 35.7. The topological polar surface area (TPSA) is 148 Å². The Kier molecular flexibility index (Phi) is 8.45. The Morgan fingerprint density at radius 2 is 1.79 bits per heavy atom. The van der Waals surface area contributed by atoms with Crippen molar-refractivity contribution in [2.75, 3.05) is 32.1 Å². The largest absolute Gasteiger partial charge is 0.481 e. The van der Waals surface area contributed by atoms with Gasteiger partial charge in [-0.2, -0.15) is 0 Å². The number of rotatable bonds is 7. The first-order valence-corrected chi connectivity index (χ1v) is 17.6. The van der Waals surface area contributed by atoms with Gasteiger partial charge in [0.05, 0.1) is 23.4 Å². The molecule has 16 heteroatoms. The van der Waals surface area contributed by atoms with Crippen LogP contribution in [0.1, 0.15) is 47.8 Å². The van der Waals surface area contributed by atoms with Gasteiger partial charge in [-0.25, -0.2) is 33.3 Å². The Balaban J connectivity index is 1.15. The average molecular weight is 744 g/mol. The summed E-state index contributed by atoms with van der Waals surface area (Å²) in [7, 11) is 4.28. The van der Waals surface area contributed by atoms with Gasteiger partial charge in [0.15, 0.2) is 11.5 Å². The number of amides is 2. The second-order valence-electron chi connectivity index (χ2n) is 13.9. The number of hydrogen-bond acceptors (Lipinski definition) is 9. The molecule has 13 nitrogen and oxygen atoms in total. The fraction of sp³-hybridized carbons (Fsp3) is 0.351. The summed E-state index contributed by atoms with van der Waals surface area (Å²) >= 11 is 7.20. The molecule has 0 saturated carbocycles. The van der Waals surface area contributed by atoms with Gasteiger partial charge < -0.3 is 20.7 Å². The molecular formula is C37H36ClF2N9O4. The highest BCUT2D eigenvalue weighted by Gasteiger charge is 2.47. The minimum Gasteiger partial charge on any atom is -0.481 e. The summed E-state index contributed by atoms with van der Waals surface area (Å²) in [5.74, 6) is -0.425. The minimum absolute atomic E-state index is 0.103. The molecule has 2 aromatic carbocycles. The predicted octanol–water partition coefficient (Wildman–Crippen LogP) is 5.15. The highest BCUT2D eigenvalue weighted by Crippen LogP contribution is 2.46. The zero-order valence-electron chi connectivity index (χ0n) is 29.4. The molecule has 3 aromatic heterocycles. The summed E-state index contributed by atoms with van der Waals surface area (Å²) in [6.07, 6.45) is -0.428. The van der Waals surface area contributed by atoms with Crippen molar-refractivity contribution in [1.82, 2.24) is 39.6 Å². The summed E-state index contributed by atoms with van der Waals surface area (Å²) in [5.41, 5.74) is 4.34. The van der Waals surface area contributed by atoms with Crippen LogP contribution >= 0.6 is 11.6 Å². The number of alkyl halides is 2. The first kappa shape index (κ1) is 34.7. The van der Waals surface area contributed by atoms with E-state index in [1.807, 2.05) is 31.2 Å². The highest BCUT2D eigenvalue weighted by molar-refractivity contribution is 6.36. The number of carbonyl (C=O) groups is 1. The number of halogens is 3. The van der Waals surface area contributed by atoms with Gasteiger partial charge >= 0.3 is 11.7 Å². The van der Waals surface area contributed by atoms with E-state index in [0.29, 0.717) is 45.5 Å². The van der Waals surface area contributed by atoms with E-state index >= 15 is 0 Å². The lowest BCUT2D eigenvalue weighted by atomic mass is 9.96. The van der Waals surface area contributed by atoms with Crippen LogP contribution in [0, 0.1) is 6.92 Å². The van der Waals surface area contributed by atoms with E-state index in [9.17, 15) is 23.2 Å². The molecule has 0 bridgehead atoms. The summed E-state index contributed by atoms with van der Waals surface area (Å²) in [6.45, 7) is 4.06. The molecule has 2 atom stereocenters. The molecule has 5 heterocycles. The van der Waals surface area contributed by atoms with E-state index in [1.165, 1.54) is 14.1 Å². The Morgan fingerprint density at radius 3 is 2.53 bits per heavy atom. The number of nitrogens with one attached hydrogen (secondary N) is 3. The van der Waals surface area contributed by atoms with Crippen molar-refractivity contribution in [2.45, 2.75) is 44.2 Å². The first-order chi connectivity index (χ1) is 25.4. The van der Waals surface area contributed by atoms with Gasteiger partial charge in [0.25, 0.3) is 12.0 Å². The molecule has 2 fully saturated rings. The van der Waals surface area contributed by atoms with Gasteiger partial charge in [-0.05, 0) is 55.0 Å². The van der Waals surface area contributed by atoms with Crippen molar-refractivity contribution in [3.8, 4) is 28.3 Å². The van der Waals surface area contributed by atoms with Crippen molar-refractivity contribution < 1.29 is 18.3 Å². The molecule has 2 amide bonds. The van der Waals surface area contributed by atoms with Crippen LogP contribution in [0.25, 0.3) is 33.4 Å². The number of urea groups is 1. The number of aromatic nitrogens is 5. The predicted molar refractivity (Wildman–Crippen MR) is 196 cm³/mol. The molecule has 1 aliphatic carbocycles. The molecule has 2 aliphatic heterocycles. The number of fused-ring (bicyclic) bond motifs is 2. The number of likely N-dealkylation sites (tertiary alicyclic amines) is 1. The number of methoxy groups -OCH3 is 1. The summed E-state index contributed by atoms with van der Waals surface area (Å²) in [5, 5.41) is 9.45. The standard InChI is InChI=1S/C37H36ClF2N9O4/c1-18-20(7-6-10-23(18)42-30-27-32(45-31(44-30)29(39)40)47(2)36(52)48(3)34(27)50)21-8-5-9-22(28(21)38)24-15-19-11-12-25(26(19)33(43-24)53-4)49-14-13-37(17-49)16-41-35(51)46-37/h5-10,15,25,29H,11-14,16-17H2,1-4H3,(H2,41,46,51)(H,42,44,45)/t25-,37-/m0/s1. The first-order valence-electron chi connectivity index (χ1n) is 17.2. The quantitative estimate of drug-likeness (QED) is 0.206. The van der Waals surface area contributed by atoms with Crippen LogP contribution in [0.4, 0.5) is 25.1 Å². The molecule has 1 spiro atoms. The zero-order chi connectivity index (χ0) is 37.3. The van der Waals surface area contributed by atoms with Crippen LogP contribution in [0.2, 0.25) is 5.02 Å². The van der Waals surface area contributed by atoms with Gasteiger partial charge in [-0.3, -0.25) is 18.8 Å². The maximum absolute atomic E-state index is 13.9. The molecule has 53 heavy (non-hydrogen) atoms. The second kappa shape index (κ2) is 12.9. The van der Waals surface area contributed by atoms with E-state index < -0.39 is 23.5 Å². The van der Waals surface area contributed by atoms with E-state index in [4.69, 9.17) is 21.3 Å². The van der Waals surface area contributed by atoms with Crippen LogP contribution in [0.5, 0.6) is 5.88 Å². The molecule has 8 rings (SSSR count). The highest BCUT2D eigenvalue weighted by atomic mass is 35.5. The van der Waals surface area contributed by atoms with E-state index in [2.05, 4.69) is 36.9 Å². The zero-order valence-corrected chi connectivity index (χ0v) is 30.1. The second-order valence-corrected chi connectivity index (χ2v) is 14.2. The van der Waals surface area contributed by atoms with E-state index in [1.54, 1.807) is 19.2 Å². The van der Waals surface area contributed by atoms with Crippen LogP contribution in [0.15, 0.2) is 52.1 Å². The third-order valence-corrected chi connectivity index (χ3v) is 11.2. The van der Waals surface area contributed by atoms with Crippen molar-refractivity contribution in [1.29, 1.82) is 0 Å². The fourth-order valence-corrected chi connectivity index (χ4v) is 8.35. The molecule has 0 radical (unpaired) electrons. The van der Waals surface area contributed by atoms with Crippen LogP contribution in [0.3, 0.4) is 0 Å². The fourth-order valence-electron chi connectivity index (χ4n) is 8.03. The number of ether oxygens (including phenoxy) is 1. The van der Waals surface area contributed by atoms with Crippen molar-refractivity contribution in [3.05, 3.63) is 90.8 Å². The number of anilines is 2. The number of hydrogen-bond donors (Lipinski definition) is 3. The van der Waals surface area contributed by atoms with E-state index in [0.717, 1.165) is 58.2 Å². The number of pyridine rings is 1. The molecule has 3 N–H and O–H groups in total. The third-order valence-electron chi connectivity index (χ3n) is 10.8. The van der Waals surface area contributed by atoms with Gasteiger partial charge in [-0.15, -0.1) is 0 Å². The Labute approximate surface area is 307 Å². The van der Waals surface area contributed by atoms with Crippen LogP contribution in [-0.2, 0) is 20.5 Å². The third kappa shape index (κ3) is 5.69. The Hall–Kier alpha value is -5.41.